The predicted octanol–water partition coefficient (Wildman–Crippen LogP) is 1.98. The molecule has 1 saturated heterocycles. The molecule has 2 atom stereocenters. The van der Waals surface area contributed by atoms with Gasteiger partial charge in [0.2, 0.25) is 11.8 Å². The Morgan fingerprint density at radius 1 is 1.38 bits per heavy atom. The maximum atomic E-state index is 13.3. The minimum atomic E-state index is -0.771. The summed E-state index contributed by atoms with van der Waals surface area (Å²) >= 11 is 0. The Kier molecular flexibility index (Phi) is 5.54. The number of benzene rings is 1. The highest BCUT2D eigenvalue weighted by molar-refractivity contribution is 6.00. The quantitative estimate of drug-likeness (QED) is 0.832. The van der Waals surface area contributed by atoms with E-state index in [0.29, 0.717) is 12.8 Å². The molecule has 1 fully saturated rings. The maximum absolute atomic E-state index is 13.3. The summed E-state index contributed by atoms with van der Waals surface area (Å²) in [6.07, 6.45) is 1.04. The third-order valence-electron chi connectivity index (χ3n) is 4.52. The Hall–Kier alpha value is -2.02. The Balaban J connectivity index is 2.10. The highest BCUT2D eigenvalue weighted by Crippen LogP contribution is 2.27. The number of anilines is 1. The minimum Gasteiger partial charge on any atom is -0.396 e. The zero-order chi connectivity index (χ0) is 17.9. The van der Waals surface area contributed by atoms with Crippen molar-refractivity contribution in [3.8, 4) is 0 Å². The van der Waals surface area contributed by atoms with E-state index in [2.05, 4.69) is 5.32 Å². The molecular formula is C17H22F2N2O3. The van der Waals surface area contributed by atoms with Gasteiger partial charge >= 0.3 is 0 Å². The van der Waals surface area contributed by atoms with Gasteiger partial charge in [0.15, 0.2) is 0 Å². The number of nitrogens with zero attached hydrogens (tertiary/aromatic N) is 1. The van der Waals surface area contributed by atoms with Crippen LogP contribution in [0.1, 0.15) is 33.1 Å². The molecule has 7 heteroatoms. The number of hydrogen-bond acceptors (Lipinski definition) is 3. The lowest BCUT2D eigenvalue weighted by Gasteiger charge is -2.30. The molecule has 0 saturated carbocycles. The lowest BCUT2D eigenvalue weighted by molar-refractivity contribution is -0.128. The molecule has 0 bridgehead atoms. The molecule has 1 heterocycles. The van der Waals surface area contributed by atoms with Gasteiger partial charge in [-0.25, -0.2) is 8.78 Å². The fourth-order valence-electron chi connectivity index (χ4n) is 2.80. The molecule has 2 rings (SSSR count). The van der Waals surface area contributed by atoms with Crippen LogP contribution in [0.5, 0.6) is 0 Å². The SMILES string of the molecule is CCC(C)(CCO)NC(=O)C1CC(=O)N(c2cc(F)cc(F)c2)C1. The zero-order valence-corrected chi connectivity index (χ0v) is 13.8. The predicted molar refractivity (Wildman–Crippen MR) is 85.4 cm³/mol. The van der Waals surface area contributed by atoms with Crippen LogP contribution < -0.4 is 10.2 Å². The fraction of sp³-hybridized carbons (Fsp3) is 0.529. The number of carbonyl (C=O) groups is 2. The monoisotopic (exact) mass is 340 g/mol. The van der Waals surface area contributed by atoms with E-state index in [1.165, 1.54) is 4.90 Å². The molecule has 0 aliphatic carbocycles. The summed E-state index contributed by atoms with van der Waals surface area (Å²) in [4.78, 5) is 25.8. The van der Waals surface area contributed by atoms with Gasteiger partial charge in [-0.2, -0.15) is 0 Å². The first kappa shape index (κ1) is 18.3. The van der Waals surface area contributed by atoms with Crippen LogP contribution in [0.2, 0.25) is 0 Å². The zero-order valence-electron chi connectivity index (χ0n) is 13.8. The number of carbonyl (C=O) groups excluding carboxylic acids is 2. The summed E-state index contributed by atoms with van der Waals surface area (Å²) in [5.74, 6) is -2.77. The van der Waals surface area contributed by atoms with Crippen LogP contribution in [0, 0.1) is 17.6 Å². The van der Waals surface area contributed by atoms with Crippen LogP contribution in [-0.4, -0.2) is 35.6 Å². The van der Waals surface area contributed by atoms with Gasteiger partial charge in [-0.3, -0.25) is 9.59 Å². The van der Waals surface area contributed by atoms with E-state index >= 15 is 0 Å². The van der Waals surface area contributed by atoms with E-state index in [4.69, 9.17) is 5.11 Å². The van der Waals surface area contributed by atoms with Crippen LogP contribution in [0.4, 0.5) is 14.5 Å². The molecule has 0 spiro atoms. The van der Waals surface area contributed by atoms with E-state index in [-0.39, 0.29) is 37.1 Å². The van der Waals surface area contributed by atoms with Gasteiger partial charge in [-0.15, -0.1) is 0 Å². The van der Waals surface area contributed by atoms with Crippen molar-refractivity contribution in [2.24, 2.45) is 5.92 Å². The lowest BCUT2D eigenvalue weighted by Crippen LogP contribution is -2.48. The van der Waals surface area contributed by atoms with Crippen molar-refractivity contribution in [3.63, 3.8) is 0 Å². The molecule has 1 aliphatic heterocycles. The number of hydrogen-bond donors (Lipinski definition) is 2. The van der Waals surface area contributed by atoms with Crippen molar-refractivity contribution < 1.29 is 23.5 Å². The molecule has 1 aromatic carbocycles. The second-order valence-corrected chi connectivity index (χ2v) is 6.41. The number of amides is 2. The van der Waals surface area contributed by atoms with Gasteiger partial charge in [-0.05, 0) is 31.9 Å². The number of halogens is 2. The Morgan fingerprint density at radius 3 is 2.54 bits per heavy atom. The van der Waals surface area contributed by atoms with Crippen molar-refractivity contribution in [2.45, 2.75) is 38.6 Å². The van der Waals surface area contributed by atoms with Gasteiger partial charge in [0.05, 0.1) is 5.92 Å². The minimum absolute atomic E-state index is 0.0110. The normalized spacial score (nSPS) is 20.1. The molecule has 2 unspecified atom stereocenters. The van der Waals surface area contributed by atoms with E-state index in [1.54, 1.807) is 0 Å². The summed E-state index contributed by atoms with van der Waals surface area (Å²) in [6, 6.07) is 2.88. The standard InChI is InChI=1S/C17H22F2N2O3/c1-3-17(2,4-5-22)20-16(24)11-6-15(23)21(10-11)14-8-12(18)7-13(19)9-14/h7-9,11,22H,3-6,10H2,1-2H3,(H,20,24). The lowest BCUT2D eigenvalue weighted by atomic mass is 9.93. The maximum Gasteiger partial charge on any atom is 0.227 e. The second-order valence-electron chi connectivity index (χ2n) is 6.41. The number of rotatable bonds is 6. The topological polar surface area (TPSA) is 69.6 Å². The molecule has 5 nitrogen and oxygen atoms in total. The Bertz CT molecular complexity index is 618. The van der Waals surface area contributed by atoms with E-state index in [9.17, 15) is 18.4 Å². The summed E-state index contributed by atoms with van der Waals surface area (Å²) < 4.78 is 26.7. The second kappa shape index (κ2) is 7.25. The van der Waals surface area contributed by atoms with Crippen LogP contribution in [-0.2, 0) is 9.59 Å². The van der Waals surface area contributed by atoms with Crippen LogP contribution in [0.15, 0.2) is 18.2 Å². The van der Waals surface area contributed by atoms with Gasteiger partial charge in [0.25, 0.3) is 0 Å². The van der Waals surface area contributed by atoms with Gasteiger partial charge in [0, 0.05) is 36.9 Å². The average Bonchev–Trinajstić information content (AvgIpc) is 2.88. The highest BCUT2D eigenvalue weighted by Gasteiger charge is 2.37. The van der Waals surface area contributed by atoms with Crippen LogP contribution in [0.25, 0.3) is 0 Å². The Labute approximate surface area is 139 Å². The van der Waals surface area contributed by atoms with Crippen molar-refractivity contribution in [2.75, 3.05) is 18.1 Å². The number of aliphatic hydroxyl groups excluding tert-OH is 1. The van der Waals surface area contributed by atoms with Crippen molar-refractivity contribution in [1.82, 2.24) is 5.32 Å². The summed E-state index contributed by atoms with van der Waals surface area (Å²) in [5, 5.41) is 12.0. The van der Waals surface area contributed by atoms with E-state index < -0.39 is 23.1 Å². The number of nitrogens with one attached hydrogen (secondary N) is 1. The van der Waals surface area contributed by atoms with Crippen molar-refractivity contribution in [1.29, 1.82) is 0 Å². The summed E-state index contributed by atoms with van der Waals surface area (Å²) in [6.45, 7) is 3.75. The third-order valence-corrected chi connectivity index (χ3v) is 4.52. The average molecular weight is 340 g/mol. The highest BCUT2D eigenvalue weighted by atomic mass is 19.1. The van der Waals surface area contributed by atoms with Crippen LogP contribution in [0.3, 0.4) is 0 Å². The molecule has 0 aromatic heterocycles. The smallest absolute Gasteiger partial charge is 0.227 e. The fourth-order valence-corrected chi connectivity index (χ4v) is 2.80. The first-order valence-electron chi connectivity index (χ1n) is 7.97. The van der Waals surface area contributed by atoms with E-state index in [0.717, 1.165) is 18.2 Å². The first-order chi connectivity index (χ1) is 11.3. The summed E-state index contributed by atoms with van der Waals surface area (Å²) in [7, 11) is 0. The first-order valence-corrected chi connectivity index (χ1v) is 7.97. The third kappa shape index (κ3) is 4.08. The molecule has 0 radical (unpaired) electrons. The largest absolute Gasteiger partial charge is 0.396 e. The Morgan fingerprint density at radius 2 is 2.00 bits per heavy atom. The molecule has 24 heavy (non-hydrogen) atoms. The van der Waals surface area contributed by atoms with E-state index in [1.807, 2.05) is 13.8 Å². The van der Waals surface area contributed by atoms with Crippen LogP contribution >= 0.6 is 0 Å². The van der Waals surface area contributed by atoms with Crippen molar-refractivity contribution in [3.05, 3.63) is 29.8 Å². The molecule has 132 valence electrons. The molecule has 2 N–H and O–H groups in total. The van der Waals surface area contributed by atoms with Gasteiger partial charge in [0.1, 0.15) is 11.6 Å². The van der Waals surface area contributed by atoms with Gasteiger partial charge in [-0.1, -0.05) is 6.92 Å². The molecule has 1 aliphatic rings. The van der Waals surface area contributed by atoms with Gasteiger partial charge < -0.3 is 15.3 Å². The number of aliphatic hydroxyl groups is 1. The molecule has 2 amide bonds. The van der Waals surface area contributed by atoms with Crippen molar-refractivity contribution >= 4 is 17.5 Å². The summed E-state index contributed by atoms with van der Waals surface area (Å²) in [5.41, 5.74) is -0.436. The molecule has 1 aromatic rings. The molecular weight excluding hydrogens is 318 g/mol.